The van der Waals surface area contributed by atoms with E-state index in [0.29, 0.717) is 5.82 Å². The van der Waals surface area contributed by atoms with Gasteiger partial charge in [0.15, 0.2) is 0 Å². The van der Waals surface area contributed by atoms with Gasteiger partial charge in [-0.3, -0.25) is 9.78 Å². The number of fused-ring (bicyclic) bond motifs is 1. The second-order valence-corrected chi connectivity index (χ2v) is 8.91. The smallest absolute Gasteiger partial charge is 0.248 e. The molecule has 0 aliphatic heterocycles. The molecule has 6 nitrogen and oxygen atoms in total. The minimum Gasteiger partial charge on any atom is -0.486 e. The van der Waals surface area contributed by atoms with Gasteiger partial charge in [-0.1, -0.05) is 29.8 Å². The summed E-state index contributed by atoms with van der Waals surface area (Å²) in [6.45, 7) is 8.20. The Morgan fingerprint density at radius 1 is 1.03 bits per heavy atom. The zero-order valence-corrected chi connectivity index (χ0v) is 18.9. The fourth-order valence-electron chi connectivity index (χ4n) is 3.67. The first-order chi connectivity index (χ1) is 15.3. The number of hydrogen-bond acceptors (Lipinski definition) is 4. The van der Waals surface area contributed by atoms with Crippen LogP contribution in [0.3, 0.4) is 0 Å². The molecule has 164 valence electrons. The summed E-state index contributed by atoms with van der Waals surface area (Å²) in [4.78, 5) is 22.5. The van der Waals surface area contributed by atoms with E-state index in [-0.39, 0.29) is 18.1 Å². The van der Waals surface area contributed by atoms with E-state index in [1.165, 1.54) is 5.56 Å². The van der Waals surface area contributed by atoms with Crippen LogP contribution in [0, 0.1) is 6.92 Å². The van der Waals surface area contributed by atoms with Gasteiger partial charge >= 0.3 is 0 Å². The molecule has 1 atom stereocenters. The zero-order chi connectivity index (χ0) is 22.7. The van der Waals surface area contributed by atoms with Crippen molar-refractivity contribution in [2.24, 2.45) is 0 Å². The van der Waals surface area contributed by atoms with Crippen LogP contribution in [0.1, 0.15) is 43.8 Å². The monoisotopic (exact) mass is 428 g/mol. The third-order valence-electron chi connectivity index (χ3n) is 5.08. The standard InChI is InChI=1S/C26H28N4O2/c1-18-9-11-20(12-10-18)32-17-23-28-21-7-5-6-8-22(21)30(23)24(19-13-15-27-16-14-19)25(31)29-26(2,3)4/h5-16,24H,17H2,1-4H3,(H,29,31). The van der Waals surface area contributed by atoms with E-state index in [1.807, 2.05) is 92.9 Å². The second-order valence-electron chi connectivity index (χ2n) is 8.91. The minimum atomic E-state index is -0.610. The van der Waals surface area contributed by atoms with E-state index >= 15 is 0 Å². The van der Waals surface area contributed by atoms with Gasteiger partial charge in [0.2, 0.25) is 5.91 Å². The Morgan fingerprint density at radius 2 is 1.72 bits per heavy atom. The summed E-state index contributed by atoms with van der Waals surface area (Å²) in [7, 11) is 0. The first kappa shape index (κ1) is 21.6. The normalized spacial score (nSPS) is 12.5. The molecule has 0 saturated heterocycles. The number of carbonyl (C=O) groups excluding carboxylic acids is 1. The lowest BCUT2D eigenvalue weighted by atomic mass is 10.0. The van der Waals surface area contributed by atoms with E-state index in [1.54, 1.807) is 12.4 Å². The topological polar surface area (TPSA) is 69.0 Å². The Morgan fingerprint density at radius 3 is 2.41 bits per heavy atom. The summed E-state index contributed by atoms with van der Waals surface area (Å²) >= 11 is 0. The van der Waals surface area contributed by atoms with Crippen molar-refractivity contribution in [2.75, 3.05) is 0 Å². The number of rotatable bonds is 6. The molecule has 4 aromatic rings. The first-order valence-corrected chi connectivity index (χ1v) is 10.7. The number of pyridine rings is 1. The van der Waals surface area contributed by atoms with Crippen molar-refractivity contribution in [3.05, 3.63) is 90.0 Å². The fraction of sp³-hybridized carbons (Fsp3) is 0.269. The Bertz CT molecular complexity index is 1210. The lowest BCUT2D eigenvalue weighted by Crippen LogP contribution is -2.45. The van der Waals surface area contributed by atoms with Crippen LogP contribution in [0.4, 0.5) is 0 Å². The van der Waals surface area contributed by atoms with Gasteiger partial charge in [0, 0.05) is 17.9 Å². The molecule has 0 bridgehead atoms. The molecule has 1 amide bonds. The largest absolute Gasteiger partial charge is 0.486 e. The van der Waals surface area contributed by atoms with Crippen molar-refractivity contribution >= 4 is 16.9 Å². The summed E-state index contributed by atoms with van der Waals surface area (Å²) in [6, 6.07) is 18.9. The Hall–Kier alpha value is -3.67. The van der Waals surface area contributed by atoms with Crippen LogP contribution in [0.15, 0.2) is 73.1 Å². The van der Waals surface area contributed by atoms with Crippen LogP contribution < -0.4 is 10.1 Å². The number of amides is 1. The predicted molar refractivity (Wildman–Crippen MR) is 126 cm³/mol. The average Bonchev–Trinajstić information content (AvgIpc) is 3.11. The predicted octanol–water partition coefficient (Wildman–Crippen LogP) is 4.82. The maximum atomic E-state index is 13.5. The van der Waals surface area contributed by atoms with Crippen molar-refractivity contribution in [2.45, 2.75) is 45.9 Å². The van der Waals surface area contributed by atoms with Crippen LogP contribution >= 0.6 is 0 Å². The van der Waals surface area contributed by atoms with Gasteiger partial charge in [0.1, 0.15) is 24.2 Å². The number of carbonyl (C=O) groups is 1. The van der Waals surface area contributed by atoms with Gasteiger partial charge in [0.05, 0.1) is 11.0 Å². The average molecular weight is 429 g/mol. The van der Waals surface area contributed by atoms with Crippen LogP contribution in [0.5, 0.6) is 5.75 Å². The SMILES string of the molecule is Cc1ccc(OCc2nc3ccccc3n2C(C(=O)NC(C)(C)C)c2ccncc2)cc1. The lowest BCUT2D eigenvalue weighted by Gasteiger charge is -2.27. The maximum absolute atomic E-state index is 13.5. The van der Waals surface area contributed by atoms with Crippen molar-refractivity contribution in [3.63, 3.8) is 0 Å². The molecule has 0 aliphatic carbocycles. The van der Waals surface area contributed by atoms with Gasteiger partial charge < -0.3 is 14.6 Å². The van der Waals surface area contributed by atoms with Crippen molar-refractivity contribution in [1.82, 2.24) is 19.9 Å². The summed E-state index contributed by atoms with van der Waals surface area (Å²) in [5.41, 5.74) is 3.32. The molecule has 1 N–H and O–H groups in total. The van der Waals surface area contributed by atoms with E-state index in [4.69, 9.17) is 9.72 Å². The van der Waals surface area contributed by atoms with E-state index in [9.17, 15) is 4.79 Å². The minimum absolute atomic E-state index is 0.108. The molecule has 0 radical (unpaired) electrons. The Labute approximate surface area is 188 Å². The molecular formula is C26H28N4O2. The molecule has 0 saturated carbocycles. The molecular weight excluding hydrogens is 400 g/mol. The van der Waals surface area contributed by atoms with Gasteiger partial charge in [-0.15, -0.1) is 0 Å². The van der Waals surface area contributed by atoms with Crippen LogP contribution in [-0.4, -0.2) is 26.0 Å². The molecule has 1 unspecified atom stereocenters. The Balaban J connectivity index is 1.80. The van der Waals surface area contributed by atoms with E-state index in [2.05, 4.69) is 10.3 Å². The molecule has 2 heterocycles. The van der Waals surface area contributed by atoms with Gasteiger partial charge in [-0.25, -0.2) is 4.98 Å². The number of ether oxygens (including phenoxy) is 1. The van der Waals surface area contributed by atoms with Crippen LogP contribution in [-0.2, 0) is 11.4 Å². The highest BCUT2D eigenvalue weighted by atomic mass is 16.5. The van der Waals surface area contributed by atoms with Crippen LogP contribution in [0.25, 0.3) is 11.0 Å². The number of hydrogen-bond donors (Lipinski definition) is 1. The highest BCUT2D eigenvalue weighted by Gasteiger charge is 2.29. The number of nitrogens with one attached hydrogen (secondary N) is 1. The summed E-state index contributed by atoms with van der Waals surface area (Å²) in [5.74, 6) is 1.33. The van der Waals surface area contributed by atoms with Gasteiger partial charge in [-0.2, -0.15) is 0 Å². The molecule has 2 aromatic heterocycles. The summed E-state index contributed by atoms with van der Waals surface area (Å²) in [5, 5.41) is 3.13. The molecule has 4 rings (SSSR count). The quantitative estimate of drug-likeness (QED) is 0.478. The number of benzene rings is 2. The molecule has 6 heteroatoms. The van der Waals surface area contributed by atoms with E-state index in [0.717, 1.165) is 22.3 Å². The van der Waals surface area contributed by atoms with Gasteiger partial charge in [0.25, 0.3) is 0 Å². The highest BCUT2D eigenvalue weighted by molar-refractivity contribution is 5.87. The number of aromatic nitrogens is 3. The molecule has 0 fully saturated rings. The zero-order valence-electron chi connectivity index (χ0n) is 18.9. The summed E-state index contributed by atoms with van der Waals surface area (Å²) < 4.78 is 8.03. The number of aryl methyl sites for hydroxylation is 1. The number of nitrogens with zero attached hydrogens (tertiary/aromatic N) is 3. The number of imidazole rings is 1. The lowest BCUT2D eigenvalue weighted by molar-refractivity contribution is -0.124. The van der Waals surface area contributed by atoms with Gasteiger partial charge in [-0.05, 0) is 69.7 Å². The fourth-order valence-corrected chi connectivity index (χ4v) is 3.67. The molecule has 2 aromatic carbocycles. The van der Waals surface area contributed by atoms with Crippen molar-refractivity contribution in [1.29, 1.82) is 0 Å². The highest BCUT2D eigenvalue weighted by Crippen LogP contribution is 2.28. The summed E-state index contributed by atoms with van der Waals surface area (Å²) in [6.07, 6.45) is 3.41. The first-order valence-electron chi connectivity index (χ1n) is 10.7. The van der Waals surface area contributed by atoms with Crippen molar-refractivity contribution in [3.8, 4) is 5.75 Å². The molecule has 0 aliphatic rings. The third-order valence-corrected chi connectivity index (χ3v) is 5.08. The maximum Gasteiger partial charge on any atom is 0.248 e. The van der Waals surface area contributed by atoms with Crippen LogP contribution in [0.2, 0.25) is 0 Å². The number of para-hydroxylation sites is 2. The Kier molecular flexibility index (Phi) is 5.95. The molecule has 32 heavy (non-hydrogen) atoms. The van der Waals surface area contributed by atoms with Crippen molar-refractivity contribution < 1.29 is 9.53 Å². The van der Waals surface area contributed by atoms with E-state index < -0.39 is 6.04 Å². The third kappa shape index (κ3) is 4.80. The second kappa shape index (κ2) is 8.83. The molecule has 0 spiro atoms.